The van der Waals surface area contributed by atoms with Crippen molar-refractivity contribution in [2.24, 2.45) is 4.99 Å². The Morgan fingerprint density at radius 1 is 1.15 bits per heavy atom. The highest BCUT2D eigenvalue weighted by atomic mass is 79.9. The Hall–Kier alpha value is -2.98. The summed E-state index contributed by atoms with van der Waals surface area (Å²) in [5, 5.41) is 0.600. The van der Waals surface area contributed by atoms with E-state index in [1.807, 2.05) is 31.2 Å². The molecule has 0 aliphatic carbocycles. The topological polar surface area (TPSA) is 86.7 Å². The summed E-state index contributed by atoms with van der Waals surface area (Å²) >= 11 is 4.75. The molecule has 33 heavy (non-hydrogen) atoms. The van der Waals surface area contributed by atoms with Gasteiger partial charge < -0.3 is 18.9 Å². The highest BCUT2D eigenvalue weighted by molar-refractivity contribution is 9.10. The summed E-state index contributed by atoms with van der Waals surface area (Å²) < 4.78 is 21.3. The van der Waals surface area contributed by atoms with E-state index in [1.54, 1.807) is 30.2 Å². The second-order valence-electron chi connectivity index (χ2n) is 6.65. The van der Waals surface area contributed by atoms with Crippen LogP contribution in [-0.4, -0.2) is 56.4 Å². The fraction of sp³-hybridized carbons (Fsp3) is 0.261. The van der Waals surface area contributed by atoms with E-state index in [9.17, 15) is 9.59 Å². The molecule has 0 spiro atoms. The molecule has 1 fully saturated rings. The minimum atomic E-state index is -0.508. The van der Waals surface area contributed by atoms with Crippen LogP contribution >= 0.6 is 27.7 Å². The van der Waals surface area contributed by atoms with Crippen molar-refractivity contribution in [2.45, 2.75) is 6.92 Å². The summed E-state index contributed by atoms with van der Waals surface area (Å²) in [6, 6.07) is 10.8. The van der Waals surface area contributed by atoms with Crippen molar-refractivity contribution in [3.05, 3.63) is 51.3 Å². The number of nitrogens with zero attached hydrogens (tertiary/aromatic N) is 2. The number of likely N-dealkylation sites (N-methyl/N-ethyl adjacent to an activating group) is 1. The van der Waals surface area contributed by atoms with Crippen molar-refractivity contribution in [1.82, 2.24) is 4.90 Å². The fourth-order valence-electron chi connectivity index (χ4n) is 2.94. The van der Waals surface area contributed by atoms with Gasteiger partial charge in [-0.25, -0.2) is 9.79 Å². The van der Waals surface area contributed by atoms with Crippen molar-refractivity contribution < 1.29 is 28.5 Å². The monoisotopic (exact) mass is 534 g/mol. The number of carbonyl (C=O) groups excluding carboxylic acids is 2. The Morgan fingerprint density at radius 2 is 1.88 bits per heavy atom. The molecule has 0 saturated carbocycles. The molecule has 2 aromatic carbocycles. The lowest BCUT2D eigenvalue weighted by molar-refractivity contribution is -0.143. The van der Waals surface area contributed by atoms with Gasteiger partial charge in [0.2, 0.25) is 0 Å². The minimum absolute atomic E-state index is 0.129. The van der Waals surface area contributed by atoms with Crippen LogP contribution in [0.25, 0.3) is 6.08 Å². The van der Waals surface area contributed by atoms with Crippen molar-refractivity contribution in [3.8, 4) is 17.2 Å². The van der Waals surface area contributed by atoms with Crippen LogP contribution in [0.2, 0.25) is 0 Å². The van der Waals surface area contributed by atoms with Crippen molar-refractivity contribution in [3.63, 3.8) is 0 Å². The number of benzene rings is 2. The van der Waals surface area contributed by atoms with Crippen LogP contribution in [0.5, 0.6) is 17.2 Å². The molecule has 1 amide bonds. The zero-order valence-corrected chi connectivity index (χ0v) is 21.0. The van der Waals surface area contributed by atoms with E-state index in [1.165, 1.54) is 26.0 Å². The molecule has 0 unspecified atom stereocenters. The van der Waals surface area contributed by atoms with E-state index in [0.29, 0.717) is 32.6 Å². The highest BCUT2D eigenvalue weighted by Crippen LogP contribution is 2.39. The largest absolute Gasteiger partial charge is 0.497 e. The number of hydrogen-bond donors (Lipinski definition) is 0. The summed E-state index contributed by atoms with van der Waals surface area (Å²) in [6.45, 7) is 2.14. The van der Waals surface area contributed by atoms with Gasteiger partial charge in [-0.05, 0) is 82.7 Å². The molecule has 0 radical (unpaired) electrons. The van der Waals surface area contributed by atoms with Gasteiger partial charge in [0.1, 0.15) is 5.75 Å². The Bertz CT molecular complexity index is 1100. The van der Waals surface area contributed by atoms with Crippen LogP contribution in [0.3, 0.4) is 0 Å². The highest BCUT2D eigenvalue weighted by Gasteiger charge is 2.32. The first kappa shape index (κ1) is 24.7. The lowest BCUT2D eigenvalue weighted by Crippen LogP contribution is -2.28. The maximum Gasteiger partial charge on any atom is 0.343 e. The van der Waals surface area contributed by atoms with Crippen molar-refractivity contribution >= 4 is 56.5 Å². The number of ether oxygens (including phenoxy) is 4. The van der Waals surface area contributed by atoms with Crippen LogP contribution in [0.1, 0.15) is 12.5 Å². The SMILES string of the molecule is CCN1C(=O)/C(=C\c2cc(Br)c(OCC(=O)OC)c(OC)c2)SC1=Nc1ccc(OC)cc1. The second-order valence-corrected chi connectivity index (χ2v) is 8.51. The Kier molecular flexibility index (Phi) is 8.40. The van der Waals surface area contributed by atoms with E-state index in [2.05, 4.69) is 25.7 Å². The predicted octanol–water partition coefficient (Wildman–Crippen LogP) is 4.64. The van der Waals surface area contributed by atoms with E-state index < -0.39 is 5.97 Å². The third-order valence-electron chi connectivity index (χ3n) is 4.61. The van der Waals surface area contributed by atoms with E-state index >= 15 is 0 Å². The van der Waals surface area contributed by atoms with Crippen molar-refractivity contribution in [1.29, 1.82) is 0 Å². The molecule has 1 aliphatic heterocycles. The molecule has 8 nitrogen and oxygen atoms in total. The number of aliphatic imine (C=N–C) groups is 1. The number of methoxy groups -OCH3 is 3. The molecule has 0 aromatic heterocycles. The molecular formula is C23H23BrN2O6S. The minimum Gasteiger partial charge on any atom is -0.497 e. The number of thioether (sulfide) groups is 1. The normalized spacial score (nSPS) is 15.8. The average Bonchev–Trinajstić information content (AvgIpc) is 3.11. The maximum absolute atomic E-state index is 13.0. The third kappa shape index (κ3) is 5.88. The standard InChI is InChI=1S/C23H23BrN2O6S/c1-5-26-22(28)19(33-23(26)25-15-6-8-16(29-2)9-7-15)12-14-10-17(24)21(18(11-14)30-3)32-13-20(27)31-4/h6-12H,5,13H2,1-4H3/b19-12+,25-23?. The van der Waals surface area contributed by atoms with Gasteiger partial charge in [-0.1, -0.05) is 0 Å². The molecular weight excluding hydrogens is 512 g/mol. The first-order valence-electron chi connectivity index (χ1n) is 9.91. The first-order chi connectivity index (χ1) is 15.9. The van der Waals surface area contributed by atoms with Gasteiger partial charge in [0.05, 0.1) is 36.4 Å². The van der Waals surface area contributed by atoms with Gasteiger partial charge in [0, 0.05) is 6.54 Å². The Morgan fingerprint density at radius 3 is 2.48 bits per heavy atom. The van der Waals surface area contributed by atoms with Crippen LogP contribution < -0.4 is 14.2 Å². The lowest BCUT2D eigenvalue weighted by Gasteiger charge is -2.13. The number of amides is 1. The number of hydrogen-bond acceptors (Lipinski definition) is 8. The van der Waals surface area contributed by atoms with E-state index in [0.717, 1.165) is 17.0 Å². The fourth-order valence-corrected chi connectivity index (χ4v) is 4.58. The van der Waals surface area contributed by atoms with Gasteiger partial charge in [-0.3, -0.25) is 9.69 Å². The van der Waals surface area contributed by atoms with Gasteiger partial charge in [0.25, 0.3) is 5.91 Å². The van der Waals surface area contributed by atoms with Crippen molar-refractivity contribution in [2.75, 3.05) is 34.5 Å². The number of halogens is 1. The van der Waals surface area contributed by atoms with Crippen LogP contribution in [0.4, 0.5) is 5.69 Å². The third-order valence-corrected chi connectivity index (χ3v) is 6.21. The summed E-state index contributed by atoms with van der Waals surface area (Å²) in [5.41, 5.74) is 1.45. The van der Waals surface area contributed by atoms with Crippen LogP contribution in [0, 0.1) is 0 Å². The zero-order chi connectivity index (χ0) is 24.0. The molecule has 10 heteroatoms. The molecule has 0 N–H and O–H groups in total. The van der Waals surface area contributed by atoms with E-state index in [4.69, 9.17) is 14.2 Å². The van der Waals surface area contributed by atoms with Gasteiger partial charge in [0.15, 0.2) is 23.3 Å². The molecule has 1 aliphatic rings. The number of amidine groups is 1. The smallest absolute Gasteiger partial charge is 0.343 e. The summed E-state index contributed by atoms with van der Waals surface area (Å²) in [6.07, 6.45) is 1.77. The van der Waals surface area contributed by atoms with Gasteiger partial charge in [-0.2, -0.15) is 0 Å². The first-order valence-corrected chi connectivity index (χ1v) is 11.5. The summed E-state index contributed by atoms with van der Waals surface area (Å²) in [4.78, 5) is 31.2. The number of rotatable bonds is 8. The summed E-state index contributed by atoms with van der Waals surface area (Å²) in [7, 11) is 4.39. The number of esters is 1. The molecule has 3 rings (SSSR count). The maximum atomic E-state index is 13.0. The molecule has 1 heterocycles. The average molecular weight is 535 g/mol. The zero-order valence-electron chi connectivity index (χ0n) is 18.6. The van der Waals surface area contributed by atoms with Crippen LogP contribution in [-0.2, 0) is 14.3 Å². The summed E-state index contributed by atoms with van der Waals surface area (Å²) in [5.74, 6) is 0.880. The van der Waals surface area contributed by atoms with Gasteiger partial charge >= 0.3 is 5.97 Å². The van der Waals surface area contributed by atoms with Gasteiger partial charge in [-0.15, -0.1) is 0 Å². The Labute approximate surface area is 204 Å². The molecule has 1 saturated heterocycles. The lowest BCUT2D eigenvalue weighted by atomic mass is 10.2. The van der Waals surface area contributed by atoms with E-state index in [-0.39, 0.29) is 12.5 Å². The number of carbonyl (C=O) groups is 2. The predicted molar refractivity (Wildman–Crippen MR) is 131 cm³/mol. The quantitative estimate of drug-likeness (QED) is 0.360. The molecule has 174 valence electrons. The Balaban J connectivity index is 1.89. The molecule has 0 bridgehead atoms. The van der Waals surface area contributed by atoms with Crippen LogP contribution in [0.15, 0.2) is 50.8 Å². The molecule has 2 aromatic rings. The second kappa shape index (κ2) is 11.2. The molecule has 0 atom stereocenters.